The lowest BCUT2D eigenvalue weighted by Gasteiger charge is -2.02. The molecule has 0 aromatic carbocycles. The number of nitrogens with zero attached hydrogens (tertiary/aromatic N) is 2. The number of H-pyrrole nitrogens is 1. The third-order valence-corrected chi connectivity index (χ3v) is 2.08. The predicted molar refractivity (Wildman–Crippen MR) is 57.4 cm³/mol. The predicted octanol–water partition coefficient (Wildman–Crippen LogP) is -0.381. The van der Waals surface area contributed by atoms with E-state index in [2.05, 4.69) is 9.97 Å². The Morgan fingerprint density at radius 3 is 2.59 bits per heavy atom. The second-order valence-corrected chi connectivity index (χ2v) is 3.17. The van der Waals surface area contributed by atoms with Gasteiger partial charge in [-0.25, -0.2) is 19.1 Å². The number of nitrogens with one attached hydrogen (secondary N) is 1. The zero-order valence-electron chi connectivity index (χ0n) is 8.45. The number of carbonyl (C=O) groups is 1. The van der Waals surface area contributed by atoms with E-state index in [0.717, 1.165) is 10.8 Å². The fourth-order valence-electron chi connectivity index (χ4n) is 1.29. The second kappa shape index (κ2) is 4.05. The van der Waals surface area contributed by atoms with Gasteiger partial charge in [0.05, 0.1) is 5.56 Å². The summed E-state index contributed by atoms with van der Waals surface area (Å²) < 4.78 is 0.811. The molecule has 0 saturated heterocycles. The standard InChI is InChI=1S/C10H7N3O4/c14-8-3-4-11-10(17)13(8)7-2-1-6(5-12-7)9(15)16/h1-5H,(H,11,17)(H,15,16). The molecule has 0 bridgehead atoms. The summed E-state index contributed by atoms with van der Waals surface area (Å²) in [4.78, 5) is 39.5. The number of pyridine rings is 1. The van der Waals surface area contributed by atoms with Crippen molar-refractivity contribution in [2.75, 3.05) is 0 Å². The monoisotopic (exact) mass is 233 g/mol. The smallest absolute Gasteiger partial charge is 0.337 e. The molecular weight excluding hydrogens is 226 g/mol. The van der Waals surface area contributed by atoms with Gasteiger partial charge in [-0.2, -0.15) is 0 Å². The lowest BCUT2D eigenvalue weighted by Crippen LogP contribution is -2.32. The highest BCUT2D eigenvalue weighted by atomic mass is 16.4. The summed E-state index contributed by atoms with van der Waals surface area (Å²) in [6.07, 6.45) is 2.31. The first kappa shape index (κ1) is 10.8. The molecule has 86 valence electrons. The zero-order chi connectivity index (χ0) is 12.4. The van der Waals surface area contributed by atoms with E-state index >= 15 is 0 Å². The molecule has 0 saturated carbocycles. The molecule has 2 aromatic rings. The van der Waals surface area contributed by atoms with Crippen LogP contribution in [0, 0.1) is 0 Å². The maximum atomic E-state index is 11.4. The molecule has 2 aromatic heterocycles. The third kappa shape index (κ3) is 1.98. The van der Waals surface area contributed by atoms with Gasteiger partial charge in [0.2, 0.25) is 0 Å². The average molecular weight is 233 g/mol. The van der Waals surface area contributed by atoms with Crippen LogP contribution in [0.5, 0.6) is 0 Å². The van der Waals surface area contributed by atoms with Gasteiger partial charge in [0.15, 0.2) is 0 Å². The number of carboxylic acid groups (broad SMARTS) is 1. The zero-order valence-corrected chi connectivity index (χ0v) is 8.45. The van der Waals surface area contributed by atoms with E-state index < -0.39 is 17.2 Å². The first-order chi connectivity index (χ1) is 8.09. The number of hydrogen-bond acceptors (Lipinski definition) is 4. The number of hydrogen-bond donors (Lipinski definition) is 2. The Kier molecular flexibility index (Phi) is 2.57. The van der Waals surface area contributed by atoms with E-state index in [1.807, 2.05) is 0 Å². The normalized spacial score (nSPS) is 10.1. The van der Waals surface area contributed by atoms with Crippen molar-refractivity contribution in [2.45, 2.75) is 0 Å². The van der Waals surface area contributed by atoms with E-state index in [0.29, 0.717) is 0 Å². The Bertz CT molecular complexity index is 641. The summed E-state index contributed by atoms with van der Waals surface area (Å²) in [6.45, 7) is 0. The van der Waals surface area contributed by atoms with Crippen molar-refractivity contribution in [3.63, 3.8) is 0 Å². The van der Waals surface area contributed by atoms with Gasteiger partial charge in [0.1, 0.15) is 5.82 Å². The van der Waals surface area contributed by atoms with Crippen LogP contribution in [0.1, 0.15) is 10.4 Å². The van der Waals surface area contributed by atoms with E-state index in [9.17, 15) is 14.4 Å². The number of aromatic amines is 1. The van der Waals surface area contributed by atoms with Gasteiger partial charge in [-0.15, -0.1) is 0 Å². The molecule has 7 heteroatoms. The Hall–Kier alpha value is -2.70. The van der Waals surface area contributed by atoms with Crippen LogP contribution in [-0.4, -0.2) is 25.6 Å². The highest BCUT2D eigenvalue weighted by Crippen LogP contribution is 2.01. The number of rotatable bonds is 2. The SMILES string of the molecule is O=C(O)c1ccc(-n2c(=O)cc[nH]c2=O)nc1. The maximum Gasteiger partial charge on any atom is 0.337 e. The molecule has 2 N–H and O–H groups in total. The Balaban J connectivity index is 2.59. The summed E-state index contributed by atoms with van der Waals surface area (Å²) in [5.41, 5.74) is -1.19. The molecule has 0 aliphatic rings. The van der Waals surface area contributed by atoms with E-state index in [4.69, 9.17) is 5.11 Å². The molecule has 17 heavy (non-hydrogen) atoms. The quantitative estimate of drug-likeness (QED) is 0.735. The van der Waals surface area contributed by atoms with Gasteiger partial charge in [0.25, 0.3) is 5.56 Å². The first-order valence-electron chi connectivity index (χ1n) is 4.60. The van der Waals surface area contributed by atoms with Crippen molar-refractivity contribution in [3.8, 4) is 5.82 Å². The summed E-state index contributed by atoms with van der Waals surface area (Å²) in [7, 11) is 0. The van der Waals surface area contributed by atoms with Gasteiger partial charge in [-0.05, 0) is 12.1 Å². The lowest BCUT2D eigenvalue weighted by atomic mass is 10.3. The molecule has 7 nitrogen and oxygen atoms in total. The van der Waals surface area contributed by atoms with Crippen molar-refractivity contribution < 1.29 is 9.90 Å². The minimum Gasteiger partial charge on any atom is -0.478 e. The van der Waals surface area contributed by atoms with Crippen molar-refractivity contribution in [1.82, 2.24) is 14.5 Å². The highest BCUT2D eigenvalue weighted by molar-refractivity contribution is 5.87. The molecule has 0 radical (unpaired) electrons. The van der Waals surface area contributed by atoms with Crippen LogP contribution < -0.4 is 11.2 Å². The number of aromatic nitrogens is 3. The summed E-state index contributed by atoms with van der Waals surface area (Å²) >= 11 is 0. The van der Waals surface area contributed by atoms with E-state index in [-0.39, 0.29) is 11.4 Å². The van der Waals surface area contributed by atoms with Crippen LogP contribution in [0.25, 0.3) is 5.82 Å². The van der Waals surface area contributed by atoms with Gasteiger partial charge >= 0.3 is 11.7 Å². The van der Waals surface area contributed by atoms with Crippen molar-refractivity contribution >= 4 is 5.97 Å². The minimum atomic E-state index is -1.13. The summed E-state index contributed by atoms with van der Waals surface area (Å²) in [5.74, 6) is -1.06. The Morgan fingerprint density at radius 2 is 2.06 bits per heavy atom. The van der Waals surface area contributed by atoms with Gasteiger partial charge in [-0.1, -0.05) is 0 Å². The Labute approximate surface area is 94.0 Å². The second-order valence-electron chi connectivity index (χ2n) is 3.17. The fraction of sp³-hybridized carbons (Fsp3) is 0. The van der Waals surface area contributed by atoms with Gasteiger partial charge in [0, 0.05) is 18.5 Å². The van der Waals surface area contributed by atoms with Crippen LogP contribution >= 0.6 is 0 Å². The molecule has 0 atom stereocenters. The van der Waals surface area contributed by atoms with Crippen LogP contribution in [-0.2, 0) is 0 Å². The summed E-state index contributed by atoms with van der Waals surface area (Å²) in [5, 5.41) is 8.68. The molecule has 0 aliphatic heterocycles. The molecular formula is C10H7N3O4. The van der Waals surface area contributed by atoms with Crippen LogP contribution in [0.2, 0.25) is 0 Å². The van der Waals surface area contributed by atoms with Crippen molar-refractivity contribution in [1.29, 1.82) is 0 Å². The van der Waals surface area contributed by atoms with Crippen molar-refractivity contribution in [2.24, 2.45) is 0 Å². The third-order valence-electron chi connectivity index (χ3n) is 2.08. The van der Waals surface area contributed by atoms with Crippen molar-refractivity contribution in [3.05, 3.63) is 57.0 Å². The molecule has 0 amide bonds. The lowest BCUT2D eigenvalue weighted by molar-refractivity contribution is 0.0696. The molecule has 0 unspecified atom stereocenters. The fourth-order valence-corrected chi connectivity index (χ4v) is 1.29. The van der Waals surface area contributed by atoms with Gasteiger partial charge < -0.3 is 10.1 Å². The summed E-state index contributed by atoms with van der Waals surface area (Å²) in [6, 6.07) is 3.73. The molecule has 0 fully saturated rings. The van der Waals surface area contributed by atoms with Crippen LogP contribution in [0.3, 0.4) is 0 Å². The largest absolute Gasteiger partial charge is 0.478 e. The van der Waals surface area contributed by atoms with E-state index in [1.54, 1.807) is 0 Å². The molecule has 2 rings (SSSR count). The van der Waals surface area contributed by atoms with Crippen LogP contribution in [0.15, 0.2) is 40.2 Å². The highest BCUT2D eigenvalue weighted by Gasteiger charge is 2.07. The topological polar surface area (TPSA) is 105 Å². The minimum absolute atomic E-state index is 0.0193. The maximum absolute atomic E-state index is 11.4. The Morgan fingerprint density at radius 1 is 1.29 bits per heavy atom. The van der Waals surface area contributed by atoms with Gasteiger partial charge in [-0.3, -0.25) is 4.79 Å². The first-order valence-corrected chi connectivity index (χ1v) is 4.60. The number of carboxylic acids is 1. The average Bonchev–Trinajstić information content (AvgIpc) is 2.29. The van der Waals surface area contributed by atoms with E-state index in [1.165, 1.54) is 24.4 Å². The van der Waals surface area contributed by atoms with Crippen LogP contribution in [0.4, 0.5) is 0 Å². The number of aromatic carboxylic acids is 1. The molecule has 0 aliphatic carbocycles. The molecule has 0 spiro atoms. The molecule has 2 heterocycles.